The fourth-order valence-corrected chi connectivity index (χ4v) is 4.92. The van der Waals surface area contributed by atoms with Crippen LogP contribution in [0, 0.1) is 23.1 Å². The molecule has 1 aliphatic heterocycles. The number of carbonyl (C=O) groups excluding carboxylic acids is 2. The average Bonchev–Trinajstić information content (AvgIpc) is 3.76. The summed E-state index contributed by atoms with van der Waals surface area (Å²) in [5.74, 6) is -1.12. The van der Waals surface area contributed by atoms with E-state index in [4.69, 9.17) is 21.6 Å². The van der Waals surface area contributed by atoms with Gasteiger partial charge >= 0.3 is 11.7 Å². The molecule has 3 amide bonds. The van der Waals surface area contributed by atoms with Crippen LogP contribution < -0.4 is 21.9 Å². The van der Waals surface area contributed by atoms with Crippen LogP contribution >= 0.6 is 11.6 Å². The SMILES string of the molecule is CC(C)n1c(=O)n(CC2CC2)c(=O)c2cc(NC(=O)N3CCOC(C(=O)Nc4cnc(C#N)c(Cl)c4)C3)c(F)cc21. The third-order valence-electron chi connectivity index (χ3n) is 7.01. The van der Waals surface area contributed by atoms with Gasteiger partial charge in [-0.2, -0.15) is 5.26 Å². The van der Waals surface area contributed by atoms with Gasteiger partial charge in [0.2, 0.25) is 0 Å². The maximum absolute atomic E-state index is 15.2. The van der Waals surface area contributed by atoms with Crippen LogP contribution in [-0.4, -0.2) is 56.8 Å². The number of hydrogen-bond donors (Lipinski definition) is 2. The van der Waals surface area contributed by atoms with Crippen molar-refractivity contribution in [3.63, 3.8) is 0 Å². The summed E-state index contributed by atoms with van der Waals surface area (Å²) in [6.07, 6.45) is 2.11. The van der Waals surface area contributed by atoms with Crippen molar-refractivity contribution in [1.82, 2.24) is 19.0 Å². The van der Waals surface area contributed by atoms with E-state index in [1.165, 1.54) is 32.4 Å². The van der Waals surface area contributed by atoms with Gasteiger partial charge in [0.05, 0.1) is 46.6 Å². The van der Waals surface area contributed by atoms with Crippen LogP contribution in [0.4, 0.5) is 20.6 Å². The highest BCUT2D eigenvalue weighted by atomic mass is 35.5. The largest absolute Gasteiger partial charge is 0.365 e. The zero-order chi connectivity index (χ0) is 29.4. The molecule has 12 nitrogen and oxygen atoms in total. The number of benzene rings is 1. The van der Waals surface area contributed by atoms with Gasteiger partial charge in [-0.05, 0) is 44.7 Å². The summed E-state index contributed by atoms with van der Waals surface area (Å²) in [6.45, 7) is 3.89. The van der Waals surface area contributed by atoms with Crippen molar-refractivity contribution in [2.75, 3.05) is 30.3 Å². The number of urea groups is 1. The Labute approximate surface area is 238 Å². The number of amides is 3. The number of halogens is 2. The Morgan fingerprint density at radius 3 is 2.66 bits per heavy atom. The van der Waals surface area contributed by atoms with Gasteiger partial charge in [-0.25, -0.2) is 19.0 Å². The summed E-state index contributed by atoms with van der Waals surface area (Å²) >= 11 is 5.97. The quantitative estimate of drug-likeness (QED) is 0.452. The van der Waals surface area contributed by atoms with Crippen molar-refractivity contribution in [3.8, 4) is 6.07 Å². The van der Waals surface area contributed by atoms with Gasteiger partial charge in [0.1, 0.15) is 11.9 Å². The standard InChI is InChI=1S/C27H27ClFN7O5/c1-14(2)36-22-9-19(29)20(8-17(22)25(38)35(27(36)40)12-15-3-4-15)33-26(39)34-5-6-41-23(13-34)24(37)32-16-7-18(28)21(10-30)31-11-16/h7-9,11,14-15,23H,3-6,12-13H2,1-2H3,(H,32,37)(H,33,39). The van der Waals surface area contributed by atoms with Gasteiger partial charge in [0.15, 0.2) is 11.8 Å². The van der Waals surface area contributed by atoms with E-state index in [0.29, 0.717) is 6.54 Å². The van der Waals surface area contributed by atoms with E-state index in [-0.39, 0.29) is 64.7 Å². The molecule has 2 fully saturated rings. The number of carbonyl (C=O) groups is 2. The van der Waals surface area contributed by atoms with E-state index in [0.717, 1.165) is 18.9 Å². The molecule has 5 rings (SSSR count). The number of nitriles is 1. The summed E-state index contributed by atoms with van der Waals surface area (Å²) in [6, 6.07) is 4.51. The molecule has 0 spiro atoms. The third kappa shape index (κ3) is 5.79. The Morgan fingerprint density at radius 1 is 1.24 bits per heavy atom. The number of rotatable bonds is 6. The molecule has 1 aliphatic carbocycles. The second kappa shape index (κ2) is 11.3. The number of aromatic nitrogens is 3. The van der Waals surface area contributed by atoms with Crippen LogP contribution in [0.3, 0.4) is 0 Å². The van der Waals surface area contributed by atoms with Crippen LogP contribution in [0.1, 0.15) is 38.4 Å². The zero-order valence-corrected chi connectivity index (χ0v) is 23.1. The first-order valence-electron chi connectivity index (χ1n) is 13.1. The molecule has 2 aromatic heterocycles. The number of nitrogens with one attached hydrogen (secondary N) is 2. The van der Waals surface area contributed by atoms with Gasteiger partial charge in [0.25, 0.3) is 11.5 Å². The fraction of sp³-hybridized carbons (Fsp3) is 0.407. The molecule has 0 radical (unpaired) electrons. The molecule has 2 N–H and O–H groups in total. The van der Waals surface area contributed by atoms with E-state index in [1.54, 1.807) is 13.8 Å². The molecule has 1 atom stereocenters. The number of fused-ring (bicyclic) bond motifs is 1. The van der Waals surface area contributed by atoms with Crippen LogP contribution in [0.5, 0.6) is 0 Å². The molecular formula is C27H27ClFN7O5. The highest BCUT2D eigenvalue weighted by Gasteiger charge is 2.31. The number of nitrogens with zero attached hydrogens (tertiary/aromatic N) is 5. The number of morpholine rings is 1. The van der Waals surface area contributed by atoms with E-state index < -0.39 is 35.1 Å². The Morgan fingerprint density at radius 2 is 2.00 bits per heavy atom. The average molecular weight is 584 g/mol. The molecule has 3 aromatic rings. The van der Waals surface area contributed by atoms with E-state index in [2.05, 4.69) is 15.6 Å². The number of hydrogen-bond acceptors (Lipinski definition) is 7. The van der Waals surface area contributed by atoms with E-state index >= 15 is 4.39 Å². The summed E-state index contributed by atoms with van der Waals surface area (Å²) in [5, 5.41) is 14.2. The molecule has 1 aromatic carbocycles. The molecule has 14 heteroatoms. The molecule has 0 bridgehead atoms. The van der Waals surface area contributed by atoms with Crippen molar-refractivity contribution >= 4 is 45.8 Å². The van der Waals surface area contributed by atoms with E-state index in [9.17, 15) is 19.2 Å². The molecule has 2 aliphatic rings. The minimum absolute atomic E-state index is 0.0108. The lowest BCUT2D eigenvalue weighted by atomic mass is 10.2. The topological polar surface area (TPSA) is 151 Å². The van der Waals surface area contributed by atoms with Crippen molar-refractivity contribution in [1.29, 1.82) is 5.26 Å². The summed E-state index contributed by atoms with van der Waals surface area (Å²) < 4.78 is 23.3. The summed E-state index contributed by atoms with van der Waals surface area (Å²) in [7, 11) is 0. The van der Waals surface area contributed by atoms with Gasteiger partial charge in [-0.15, -0.1) is 0 Å². The molecule has 3 heterocycles. The zero-order valence-electron chi connectivity index (χ0n) is 22.3. The predicted molar refractivity (Wildman–Crippen MR) is 148 cm³/mol. The highest BCUT2D eigenvalue weighted by Crippen LogP contribution is 2.30. The first-order chi connectivity index (χ1) is 19.6. The second-order valence-corrected chi connectivity index (χ2v) is 10.8. The lowest BCUT2D eigenvalue weighted by molar-refractivity contribution is -0.131. The lowest BCUT2D eigenvalue weighted by Gasteiger charge is -2.32. The first kappa shape index (κ1) is 28.3. The van der Waals surface area contributed by atoms with Crippen molar-refractivity contribution < 1.29 is 18.7 Å². The number of pyridine rings is 1. The molecular weight excluding hydrogens is 557 g/mol. The number of anilines is 2. The minimum atomic E-state index is -1.04. The first-order valence-corrected chi connectivity index (χ1v) is 13.5. The molecule has 214 valence electrons. The summed E-state index contributed by atoms with van der Waals surface area (Å²) in [4.78, 5) is 57.4. The lowest BCUT2D eigenvalue weighted by Crippen LogP contribution is -2.51. The van der Waals surface area contributed by atoms with Gasteiger partial charge in [-0.3, -0.25) is 18.7 Å². The maximum Gasteiger partial charge on any atom is 0.331 e. The predicted octanol–water partition coefficient (Wildman–Crippen LogP) is 3.08. The van der Waals surface area contributed by atoms with E-state index in [1.807, 2.05) is 6.07 Å². The summed E-state index contributed by atoms with van der Waals surface area (Å²) in [5.41, 5.74) is -0.844. The Balaban J connectivity index is 1.35. The van der Waals surface area contributed by atoms with Gasteiger partial charge < -0.3 is 20.3 Å². The molecule has 1 unspecified atom stereocenters. The van der Waals surface area contributed by atoms with Crippen molar-refractivity contribution in [3.05, 3.63) is 61.8 Å². The van der Waals surface area contributed by atoms with Crippen molar-refractivity contribution in [2.45, 2.75) is 45.4 Å². The Kier molecular flexibility index (Phi) is 7.79. The fourth-order valence-electron chi connectivity index (χ4n) is 4.71. The Hall–Kier alpha value is -4.28. The maximum atomic E-state index is 15.2. The van der Waals surface area contributed by atoms with Crippen LogP contribution in [0.2, 0.25) is 5.02 Å². The third-order valence-corrected chi connectivity index (χ3v) is 7.30. The number of ether oxygens (including phenoxy) is 1. The highest BCUT2D eigenvalue weighted by molar-refractivity contribution is 6.31. The molecule has 1 saturated heterocycles. The molecule has 1 saturated carbocycles. The second-order valence-electron chi connectivity index (χ2n) is 10.3. The molecule has 41 heavy (non-hydrogen) atoms. The Bertz CT molecular complexity index is 1710. The minimum Gasteiger partial charge on any atom is -0.365 e. The normalized spacial score (nSPS) is 17.0. The smallest absolute Gasteiger partial charge is 0.331 e. The van der Waals surface area contributed by atoms with Gasteiger partial charge in [0, 0.05) is 25.2 Å². The van der Waals surface area contributed by atoms with Crippen LogP contribution in [0.15, 0.2) is 34.0 Å². The van der Waals surface area contributed by atoms with Crippen LogP contribution in [0.25, 0.3) is 10.9 Å². The monoisotopic (exact) mass is 583 g/mol. The van der Waals surface area contributed by atoms with Gasteiger partial charge in [-0.1, -0.05) is 11.6 Å². The van der Waals surface area contributed by atoms with Crippen LogP contribution in [-0.2, 0) is 16.1 Å². The van der Waals surface area contributed by atoms with Crippen molar-refractivity contribution in [2.24, 2.45) is 5.92 Å².